The Morgan fingerprint density at radius 3 is 3.16 bits per heavy atom. The van der Waals surface area contributed by atoms with E-state index in [4.69, 9.17) is 4.74 Å². The topological polar surface area (TPSA) is 79.9 Å². The molecule has 0 aromatic carbocycles. The summed E-state index contributed by atoms with van der Waals surface area (Å²) < 4.78 is 5.40. The van der Waals surface area contributed by atoms with E-state index in [-0.39, 0.29) is 17.2 Å². The number of amides is 1. The van der Waals surface area contributed by atoms with Gasteiger partial charge in [0.15, 0.2) is 0 Å². The molecule has 104 valence electrons. The van der Waals surface area contributed by atoms with Gasteiger partial charge in [0, 0.05) is 30.9 Å². The molecule has 2 heterocycles. The molecule has 0 bridgehead atoms. The highest BCUT2D eigenvalue weighted by Gasteiger charge is 2.32. The van der Waals surface area contributed by atoms with Gasteiger partial charge in [-0.25, -0.2) is 0 Å². The van der Waals surface area contributed by atoms with Crippen molar-refractivity contribution in [3.05, 3.63) is 11.4 Å². The predicted molar refractivity (Wildman–Crippen MR) is 68.5 cm³/mol. The monoisotopic (exact) mass is 264 g/mol. The molecule has 0 radical (unpaired) electrons. The number of carbonyl (C=O) groups excluding carboxylic acids is 1. The SMILES string of the molecule is CC1(CNC(=O)C2CCc3n[nH]nc3C2)CCOC1. The minimum atomic E-state index is 0.0310. The van der Waals surface area contributed by atoms with Gasteiger partial charge < -0.3 is 10.1 Å². The van der Waals surface area contributed by atoms with Crippen LogP contribution in [-0.2, 0) is 22.4 Å². The number of H-pyrrole nitrogens is 1. The van der Waals surface area contributed by atoms with Crippen molar-refractivity contribution in [2.24, 2.45) is 11.3 Å². The van der Waals surface area contributed by atoms with Gasteiger partial charge in [0.1, 0.15) is 0 Å². The fourth-order valence-electron chi connectivity index (χ4n) is 2.80. The number of hydrogen-bond donors (Lipinski definition) is 2. The maximum Gasteiger partial charge on any atom is 0.223 e. The molecule has 2 aliphatic rings. The Morgan fingerprint density at radius 1 is 1.53 bits per heavy atom. The van der Waals surface area contributed by atoms with Crippen LogP contribution in [0.1, 0.15) is 31.2 Å². The van der Waals surface area contributed by atoms with Gasteiger partial charge in [0.25, 0.3) is 0 Å². The van der Waals surface area contributed by atoms with Crippen LogP contribution < -0.4 is 5.32 Å². The lowest BCUT2D eigenvalue weighted by atomic mass is 9.87. The van der Waals surface area contributed by atoms with Crippen LogP contribution in [0, 0.1) is 11.3 Å². The number of carbonyl (C=O) groups is 1. The fourth-order valence-corrected chi connectivity index (χ4v) is 2.80. The molecule has 1 aliphatic carbocycles. The Kier molecular flexibility index (Phi) is 3.26. The number of aryl methyl sites for hydroxylation is 1. The molecule has 1 amide bonds. The van der Waals surface area contributed by atoms with Crippen molar-refractivity contribution in [3.8, 4) is 0 Å². The molecule has 3 rings (SSSR count). The Labute approximate surface area is 112 Å². The average Bonchev–Trinajstić information content (AvgIpc) is 3.04. The van der Waals surface area contributed by atoms with Crippen LogP contribution in [0.25, 0.3) is 0 Å². The molecule has 1 aromatic rings. The lowest BCUT2D eigenvalue weighted by Crippen LogP contribution is -2.40. The first-order valence-corrected chi connectivity index (χ1v) is 6.90. The molecule has 2 N–H and O–H groups in total. The van der Waals surface area contributed by atoms with Crippen LogP contribution in [-0.4, -0.2) is 41.1 Å². The molecule has 2 unspecified atom stereocenters. The molecule has 1 aliphatic heterocycles. The van der Waals surface area contributed by atoms with Crippen LogP contribution >= 0.6 is 0 Å². The number of aromatic nitrogens is 3. The first-order valence-electron chi connectivity index (χ1n) is 6.90. The van der Waals surface area contributed by atoms with Crippen LogP contribution in [0.4, 0.5) is 0 Å². The summed E-state index contributed by atoms with van der Waals surface area (Å²) in [7, 11) is 0. The third kappa shape index (κ3) is 2.63. The summed E-state index contributed by atoms with van der Waals surface area (Å²) >= 11 is 0. The maximum absolute atomic E-state index is 12.2. The number of ether oxygens (including phenoxy) is 1. The third-order valence-corrected chi connectivity index (χ3v) is 4.23. The van der Waals surface area contributed by atoms with E-state index in [0.29, 0.717) is 13.0 Å². The zero-order valence-corrected chi connectivity index (χ0v) is 11.2. The van der Waals surface area contributed by atoms with E-state index in [1.165, 1.54) is 0 Å². The minimum Gasteiger partial charge on any atom is -0.381 e. The summed E-state index contributed by atoms with van der Waals surface area (Å²) in [6.45, 7) is 4.41. The van der Waals surface area contributed by atoms with E-state index in [1.54, 1.807) is 0 Å². The fraction of sp³-hybridized carbons (Fsp3) is 0.769. The number of aromatic amines is 1. The van der Waals surface area contributed by atoms with Gasteiger partial charge >= 0.3 is 0 Å². The highest BCUT2D eigenvalue weighted by molar-refractivity contribution is 5.79. The number of nitrogens with zero attached hydrogens (tertiary/aromatic N) is 2. The molecule has 1 fully saturated rings. The van der Waals surface area contributed by atoms with Crippen molar-refractivity contribution in [1.82, 2.24) is 20.7 Å². The Bertz CT molecular complexity index is 465. The van der Waals surface area contributed by atoms with E-state index in [2.05, 4.69) is 27.7 Å². The van der Waals surface area contributed by atoms with Crippen molar-refractivity contribution in [2.45, 2.75) is 32.6 Å². The summed E-state index contributed by atoms with van der Waals surface area (Å²) in [4.78, 5) is 12.2. The second-order valence-electron chi connectivity index (χ2n) is 5.99. The number of rotatable bonds is 3. The molecule has 1 aromatic heterocycles. The highest BCUT2D eigenvalue weighted by Crippen LogP contribution is 2.27. The van der Waals surface area contributed by atoms with Crippen molar-refractivity contribution in [3.63, 3.8) is 0 Å². The molecular formula is C13H20N4O2. The lowest BCUT2D eigenvalue weighted by Gasteiger charge is -2.25. The number of hydrogen-bond acceptors (Lipinski definition) is 4. The summed E-state index contributed by atoms with van der Waals surface area (Å²) in [6, 6.07) is 0. The first kappa shape index (κ1) is 12.6. The number of nitrogens with one attached hydrogen (secondary N) is 2. The predicted octanol–water partition coefficient (Wildman–Crippen LogP) is 0.452. The summed E-state index contributed by atoms with van der Waals surface area (Å²) in [5.41, 5.74) is 2.06. The lowest BCUT2D eigenvalue weighted by molar-refractivity contribution is -0.125. The van der Waals surface area contributed by atoms with Crippen LogP contribution in [0.3, 0.4) is 0 Å². The van der Waals surface area contributed by atoms with Gasteiger partial charge in [-0.15, -0.1) is 0 Å². The molecule has 0 spiro atoms. The van der Waals surface area contributed by atoms with Crippen molar-refractivity contribution < 1.29 is 9.53 Å². The third-order valence-electron chi connectivity index (χ3n) is 4.23. The van der Waals surface area contributed by atoms with Gasteiger partial charge in [-0.1, -0.05) is 6.92 Å². The zero-order valence-electron chi connectivity index (χ0n) is 11.2. The standard InChI is InChI=1S/C13H20N4O2/c1-13(4-5-19-8-13)7-14-12(18)9-2-3-10-11(6-9)16-17-15-10/h9H,2-8H2,1H3,(H,14,18)(H,15,16,17). The van der Waals surface area contributed by atoms with Crippen molar-refractivity contribution in [2.75, 3.05) is 19.8 Å². The molecule has 0 saturated carbocycles. The van der Waals surface area contributed by atoms with Gasteiger partial charge in [-0.2, -0.15) is 15.4 Å². The van der Waals surface area contributed by atoms with Crippen molar-refractivity contribution >= 4 is 5.91 Å². The molecule has 1 saturated heterocycles. The van der Waals surface area contributed by atoms with Gasteiger partial charge in [-0.05, 0) is 19.3 Å². The quantitative estimate of drug-likeness (QED) is 0.831. The highest BCUT2D eigenvalue weighted by atomic mass is 16.5. The normalized spacial score (nSPS) is 30.1. The first-order chi connectivity index (χ1) is 9.16. The van der Waals surface area contributed by atoms with Crippen molar-refractivity contribution in [1.29, 1.82) is 0 Å². The van der Waals surface area contributed by atoms with Gasteiger partial charge in [-0.3, -0.25) is 4.79 Å². The Morgan fingerprint density at radius 2 is 2.37 bits per heavy atom. The molecule has 2 atom stereocenters. The van der Waals surface area contributed by atoms with Crippen LogP contribution in [0.2, 0.25) is 0 Å². The smallest absolute Gasteiger partial charge is 0.223 e. The summed E-state index contributed by atoms with van der Waals surface area (Å²) in [6.07, 6.45) is 3.42. The van der Waals surface area contributed by atoms with E-state index in [1.807, 2.05) is 0 Å². The molecule has 6 nitrogen and oxygen atoms in total. The molecule has 6 heteroatoms. The largest absolute Gasteiger partial charge is 0.381 e. The Hall–Kier alpha value is -1.43. The molecular weight excluding hydrogens is 244 g/mol. The van der Waals surface area contributed by atoms with Crippen LogP contribution in [0.15, 0.2) is 0 Å². The second-order valence-corrected chi connectivity index (χ2v) is 5.99. The maximum atomic E-state index is 12.2. The van der Waals surface area contributed by atoms with E-state index in [0.717, 1.165) is 43.9 Å². The second kappa shape index (κ2) is 4.92. The minimum absolute atomic E-state index is 0.0310. The van der Waals surface area contributed by atoms with Crippen LogP contribution in [0.5, 0.6) is 0 Å². The Balaban J connectivity index is 1.54. The number of fused-ring (bicyclic) bond motifs is 1. The van der Waals surface area contributed by atoms with E-state index < -0.39 is 0 Å². The van der Waals surface area contributed by atoms with Gasteiger partial charge in [0.2, 0.25) is 5.91 Å². The van der Waals surface area contributed by atoms with E-state index >= 15 is 0 Å². The zero-order chi connectivity index (χ0) is 13.3. The van der Waals surface area contributed by atoms with Gasteiger partial charge in [0.05, 0.1) is 18.0 Å². The average molecular weight is 264 g/mol. The summed E-state index contributed by atoms with van der Waals surface area (Å²) in [5, 5.41) is 13.9. The van der Waals surface area contributed by atoms with E-state index in [9.17, 15) is 4.79 Å². The summed E-state index contributed by atoms with van der Waals surface area (Å²) in [5.74, 6) is 0.172. The molecule has 19 heavy (non-hydrogen) atoms.